The SMILES string of the molecule is CCN1CCN(c2nc(/C=C/c3ccccc3CCO)cc3ccoc23)CC1.O=C(O)C(=O)O. The predicted molar refractivity (Wildman–Crippen MR) is 130 cm³/mol. The maximum atomic E-state index is 9.29. The summed E-state index contributed by atoms with van der Waals surface area (Å²) in [6.07, 6.45) is 6.52. The van der Waals surface area contributed by atoms with Gasteiger partial charge in [-0.2, -0.15) is 0 Å². The third kappa shape index (κ3) is 6.43. The largest absolute Gasteiger partial charge is 0.473 e. The molecule has 3 N–H and O–H groups in total. The van der Waals surface area contributed by atoms with Crippen LogP contribution in [0.15, 0.2) is 47.1 Å². The number of aliphatic carboxylic acids is 2. The van der Waals surface area contributed by atoms with E-state index in [1.54, 1.807) is 6.26 Å². The van der Waals surface area contributed by atoms with Crippen LogP contribution in [0.5, 0.6) is 0 Å². The van der Waals surface area contributed by atoms with E-state index in [2.05, 4.69) is 47.1 Å². The number of rotatable bonds is 6. The van der Waals surface area contributed by atoms with Gasteiger partial charge in [0.2, 0.25) is 0 Å². The first-order valence-electron chi connectivity index (χ1n) is 11.1. The minimum atomic E-state index is -1.82. The molecule has 1 fully saturated rings. The van der Waals surface area contributed by atoms with Crippen LogP contribution in [0.3, 0.4) is 0 Å². The molecule has 9 nitrogen and oxygen atoms in total. The van der Waals surface area contributed by atoms with E-state index in [0.29, 0.717) is 6.42 Å². The average Bonchev–Trinajstić information content (AvgIpc) is 3.32. The molecule has 1 aliphatic rings. The molecule has 1 saturated heterocycles. The Morgan fingerprint density at radius 2 is 1.76 bits per heavy atom. The van der Waals surface area contributed by atoms with E-state index in [1.807, 2.05) is 18.2 Å². The summed E-state index contributed by atoms with van der Waals surface area (Å²) in [5.41, 5.74) is 4.04. The number of benzene rings is 1. The molecular weight excluding hydrogens is 438 g/mol. The summed E-state index contributed by atoms with van der Waals surface area (Å²) in [6.45, 7) is 7.47. The number of piperazine rings is 1. The molecule has 0 atom stereocenters. The van der Waals surface area contributed by atoms with Gasteiger partial charge in [0, 0.05) is 38.2 Å². The molecule has 34 heavy (non-hydrogen) atoms. The Morgan fingerprint density at radius 3 is 2.41 bits per heavy atom. The number of carbonyl (C=O) groups is 2. The topological polar surface area (TPSA) is 127 Å². The van der Waals surface area contributed by atoms with Crippen molar-refractivity contribution in [2.24, 2.45) is 0 Å². The summed E-state index contributed by atoms with van der Waals surface area (Å²) in [5, 5.41) is 25.1. The van der Waals surface area contributed by atoms with Crippen molar-refractivity contribution in [3.63, 3.8) is 0 Å². The lowest BCUT2D eigenvalue weighted by Gasteiger charge is -2.34. The normalized spacial score (nSPS) is 14.2. The smallest absolute Gasteiger partial charge is 0.414 e. The summed E-state index contributed by atoms with van der Waals surface area (Å²) in [7, 11) is 0. The number of aliphatic hydroxyl groups is 1. The van der Waals surface area contributed by atoms with Gasteiger partial charge in [-0.15, -0.1) is 0 Å². The van der Waals surface area contributed by atoms with Gasteiger partial charge in [-0.25, -0.2) is 14.6 Å². The standard InChI is InChI=1S/C23H27N3O2.C2H2O4/c1-2-25-11-13-26(14-12-25)23-22-20(10-16-28-22)17-21(24-23)8-7-18-5-3-4-6-19(18)9-15-27;3-1(4)2(5)6/h3-8,10,16-17,27H,2,9,11-15H2,1H3;(H,3,4)(H,5,6)/b8-7+;. The molecule has 1 aliphatic heterocycles. The van der Waals surface area contributed by atoms with Crippen molar-refractivity contribution in [3.8, 4) is 0 Å². The molecule has 0 bridgehead atoms. The first-order valence-corrected chi connectivity index (χ1v) is 11.1. The lowest BCUT2D eigenvalue weighted by Crippen LogP contribution is -2.46. The van der Waals surface area contributed by atoms with Crippen molar-refractivity contribution in [1.82, 2.24) is 9.88 Å². The zero-order valence-corrected chi connectivity index (χ0v) is 19.1. The highest BCUT2D eigenvalue weighted by Gasteiger charge is 2.20. The van der Waals surface area contributed by atoms with Crippen molar-refractivity contribution in [1.29, 1.82) is 0 Å². The maximum absolute atomic E-state index is 9.29. The molecule has 0 radical (unpaired) electrons. The van der Waals surface area contributed by atoms with E-state index < -0.39 is 11.9 Å². The summed E-state index contributed by atoms with van der Waals surface area (Å²) in [5.74, 6) is -2.72. The molecule has 0 aliphatic carbocycles. The van der Waals surface area contributed by atoms with Crippen LogP contribution in [0.4, 0.5) is 5.82 Å². The van der Waals surface area contributed by atoms with Crippen LogP contribution in [-0.4, -0.2) is 76.5 Å². The Balaban J connectivity index is 0.000000481. The van der Waals surface area contributed by atoms with E-state index in [4.69, 9.17) is 29.2 Å². The molecule has 180 valence electrons. The summed E-state index contributed by atoms with van der Waals surface area (Å²) in [6, 6.07) is 12.2. The molecule has 4 rings (SSSR count). The number of hydrogen-bond acceptors (Lipinski definition) is 7. The fraction of sp³-hybridized carbons (Fsp3) is 0.320. The van der Waals surface area contributed by atoms with Gasteiger partial charge in [-0.3, -0.25) is 0 Å². The highest BCUT2D eigenvalue weighted by atomic mass is 16.4. The van der Waals surface area contributed by atoms with Crippen LogP contribution < -0.4 is 4.90 Å². The number of likely N-dealkylation sites (N-methyl/N-ethyl adjacent to an activating group) is 1. The van der Waals surface area contributed by atoms with Crippen molar-refractivity contribution in [2.75, 3.05) is 44.2 Å². The fourth-order valence-corrected chi connectivity index (χ4v) is 3.77. The van der Waals surface area contributed by atoms with E-state index in [-0.39, 0.29) is 6.61 Å². The Morgan fingerprint density at radius 1 is 1.06 bits per heavy atom. The van der Waals surface area contributed by atoms with E-state index in [9.17, 15) is 5.11 Å². The number of aromatic nitrogens is 1. The first kappa shape index (κ1) is 24.9. The van der Waals surface area contributed by atoms with Crippen molar-refractivity contribution >= 4 is 40.9 Å². The highest BCUT2D eigenvalue weighted by Crippen LogP contribution is 2.28. The summed E-state index contributed by atoms with van der Waals surface area (Å²) < 4.78 is 5.75. The highest BCUT2D eigenvalue weighted by molar-refractivity contribution is 6.27. The van der Waals surface area contributed by atoms with Gasteiger partial charge in [0.1, 0.15) is 0 Å². The predicted octanol–water partition coefficient (Wildman–Crippen LogP) is 2.83. The van der Waals surface area contributed by atoms with Gasteiger partial charge in [-0.1, -0.05) is 37.3 Å². The number of furan rings is 1. The molecule has 0 spiro atoms. The van der Waals surface area contributed by atoms with Gasteiger partial charge in [0.15, 0.2) is 11.4 Å². The number of carboxylic acid groups (broad SMARTS) is 2. The van der Waals surface area contributed by atoms with Crippen LogP contribution >= 0.6 is 0 Å². The first-order chi connectivity index (χ1) is 16.4. The Kier molecular flexibility index (Phi) is 8.78. The quantitative estimate of drug-likeness (QED) is 0.469. The number of pyridine rings is 1. The number of nitrogens with zero attached hydrogens (tertiary/aromatic N) is 3. The van der Waals surface area contributed by atoms with Gasteiger partial charge in [-0.05, 0) is 42.3 Å². The molecule has 1 aromatic carbocycles. The second-order valence-electron chi connectivity index (χ2n) is 7.75. The lowest BCUT2D eigenvalue weighted by atomic mass is 10.0. The van der Waals surface area contributed by atoms with E-state index >= 15 is 0 Å². The number of carboxylic acids is 2. The van der Waals surface area contributed by atoms with E-state index in [1.165, 1.54) is 0 Å². The number of anilines is 1. The second-order valence-corrected chi connectivity index (χ2v) is 7.75. The molecule has 0 unspecified atom stereocenters. The minimum Gasteiger partial charge on any atom is -0.473 e. The average molecular weight is 468 g/mol. The van der Waals surface area contributed by atoms with E-state index in [0.717, 1.165) is 66.3 Å². The van der Waals surface area contributed by atoms with Gasteiger partial charge in [0.05, 0.1) is 12.0 Å². The number of hydrogen-bond donors (Lipinski definition) is 3. The van der Waals surface area contributed by atoms with Crippen LogP contribution in [0, 0.1) is 0 Å². The second kappa shape index (κ2) is 12.0. The molecule has 3 heterocycles. The van der Waals surface area contributed by atoms with Gasteiger partial charge < -0.3 is 29.5 Å². The minimum absolute atomic E-state index is 0.151. The van der Waals surface area contributed by atoms with Crippen molar-refractivity contribution < 1.29 is 29.3 Å². The molecular formula is C25H29N3O6. The van der Waals surface area contributed by atoms with Crippen LogP contribution in [0.2, 0.25) is 0 Å². The zero-order chi connectivity index (χ0) is 24.5. The molecule has 3 aromatic rings. The Labute approximate surface area is 197 Å². The number of fused-ring (bicyclic) bond motifs is 1. The van der Waals surface area contributed by atoms with Crippen LogP contribution in [0.1, 0.15) is 23.7 Å². The van der Waals surface area contributed by atoms with Gasteiger partial charge in [0.25, 0.3) is 0 Å². The monoisotopic (exact) mass is 467 g/mol. The molecule has 0 saturated carbocycles. The van der Waals surface area contributed by atoms with Crippen molar-refractivity contribution in [2.45, 2.75) is 13.3 Å². The third-order valence-electron chi connectivity index (χ3n) is 5.61. The zero-order valence-electron chi connectivity index (χ0n) is 19.1. The van der Waals surface area contributed by atoms with Crippen molar-refractivity contribution in [3.05, 3.63) is 59.5 Å². The van der Waals surface area contributed by atoms with Crippen LogP contribution in [-0.2, 0) is 16.0 Å². The molecule has 9 heteroatoms. The summed E-state index contributed by atoms with van der Waals surface area (Å²) >= 11 is 0. The van der Waals surface area contributed by atoms with Crippen LogP contribution in [0.25, 0.3) is 23.1 Å². The third-order valence-corrected chi connectivity index (χ3v) is 5.61. The van der Waals surface area contributed by atoms with Gasteiger partial charge >= 0.3 is 11.9 Å². The fourth-order valence-electron chi connectivity index (χ4n) is 3.77. The Bertz CT molecular complexity index is 1140. The molecule has 0 amide bonds. The maximum Gasteiger partial charge on any atom is 0.414 e. The Hall–Kier alpha value is -3.69. The molecule has 2 aromatic heterocycles. The lowest BCUT2D eigenvalue weighted by molar-refractivity contribution is -0.159. The summed E-state index contributed by atoms with van der Waals surface area (Å²) in [4.78, 5) is 27.9. The number of aliphatic hydroxyl groups excluding tert-OH is 1.